The molecule has 0 aliphatic heterocycles. The summed E-state index contributed by atoms with van der Waals surface area (Å²) in [6.45, 7) is 0.235. The van der Waals surface area contributed by atoms with Gasteiger partial charge in [0, 0.05) is 17.6 Å². The van der Waals surface area contributed by atoms with Gasteiger partial charge in [0.15, 0.2) is 5.69 Å². The summed E-state index contributed by atoms with van der Waals surface area (Å²) in [4.78, 5) is 4.62. The molecule has 20 heavy (non-hydrogen) atoms. The molecule has 0 fully saturated rings. The lowest BCUT2D eigenvalue weighted by atomic mass is 10.3. The van der Waals surface area contributed by atoms with E-state index in [2.05, 4.69) is 9.71 Å². The zero-order valence-corrected chi connectivity index (χ0v) is 12.6. The van der Waals surface area contributed by atoms with E-state index in [9.17, 15) is 8.42 Å². The molecule has 0 spiro atoms. The average molecular weight is 328 g/mol. The van der Waals surface area contributed by atoms with Crippen LogP contribution in [-0.4, -0.2) is 19.9 Å². The van der Waals surface area contributed by atoms with Crippen LogP contribution in [0.2, 0.25) is 4.34 Å². The molecular weight excluding hydrogens is 318 g/mol. The third-order valence-electron chi connectivity index (χ3n) is 2.46. The molecule has 0 amide bonds. The monoisotopic (exact) mass is 327 g/mol. The molecular formula is C12H10ClN3O2S2. The van der Waals surface area contributed by atoms with Crippen LogP contribution < -0.4 is 4.72 Å². The highest BCUT2D eigenvalue weighted by molar-refractivity contribution is 7.89. The van der Waals surface area contributed by atoms with E-state index in [1.807, 2.05) is 6.07 Å². The maximum atomic E-state index is 12.1. The minimum Gasteiger partial charge on any atom is -0.244 e. The highest BCUT2D eigenvalue weighted by Gasteiger charge is 2.18. The van der Waals surface area contributed by atoms with E-state index >= 15 is 0 Å². The Bertz CT molecular complexity index is 750. The van der Waals surface area contributed by atoms with Crippen LogP contribution in [-0.2, 0) is 16.4 Å². The van der Waals surface area contributed by atoms with Crippen molar-refractivity contribution in [3.05, 3.63) is 45.4 Å². The van der Waals surface area contributed by atoms with Crippen molar-refractivity contribution < 1.29 is 8.42 Å². The molecule has 0 aliphatic carbocycles. The smallest absolute Gasteiger partial charge is 0.243 e. The Kier molecular flexibility index (Phi) is 4.73. The van der Waals surface area contributed by atoms with Gasteiger partial charge >= 0.3 is 0 Å². The summed E-state index contributed by atoms with van der Waals surface area (Å²) in [6, 6.07) is 8.23. The standard InChI is InChI=1S/C12H10ClN3O2S2/c13-12-4-3-9(19-12)5-7-16-20(17,18)11-2-1-6-15-10(11)8-14/h1-4,6,16H,5,7H2. The molecule has 0 unspecified atom stereocenters. The van der Waals surface area contributed by atoms with Crippen LogP contribution in [0.15, 0.2) is 35.4 Å². The number of halogens is 1. The van der Waals surface area contributed by atoms with E-state index in [0.717, 1.165) is 4.88 Å². The summed E-state index contributed by atoms with van der Waals surface area (Å²) in [5.74, 6) is 0. The third-order valence-corrected chi connectivity index (χ3v) is 5.24. The van der Waals surface area contributed by atoms with Crippen molar-refractivity contribution in [1.29, 1.82) is 5.26 Å². The van der Waals surface area contributed by atoms with Gasteiger partial charge in [0.05, 0.1) is 4.34 Å². The van der Waals surface area contributed by atoms with Crippen molar-refractivity contribution in [1.82, 2.24) is 9.71 Å². The maximum absolute atomic E-state index is 12.1. The maximum Gasteiger partial charge on any atom is 0.243 e. The van der Waals surface area contributed by atoms with Crippen molar-refractivity contribution in [2.75, 3.05) is 6.54 Å². The highest BCUT2D eigenvalue weighted by atomic mass is 35.5. The van der Waals surface area contributed by atoms with Crippen molar-refractivity contribution in [3.8, 4) is 6.07 Å². The van der Waals surface area contributed by atoms with Gasteiger partial charge in [0.1, 0.15) is 11.0 Å². The number of aromatic nitrogens is 1. The molecule has 2 aromatic heterocycles. The summed E-state index contributed by atoms with van der Waals surface area (Å²) in [5.41, 5.74) is -0.112. The van der Waals surface area contributed by atoms with Gasteiger partial charge in [-0.05, 0) is 30.7 Å². The molecule has 104 valence electrons. The molecule has 2 rings (SSSR count). The molecule has 2 heterocycles. The quantitative estimate of drug-likeness (QED) is 0.912. The largest absolute Gasteiger partial charge is 0.244 e. The van der Waals surface area contributed by atoms with Crippen LogP contribution in [0.4, 0.5) is 0 Å². The number of hydrogen-bond acceptors (Lipinski definition) is 5. The number of nitriles is 1. The molecule has 0 atom stereocenters. The number of thiophene rings is 1. The van der Waals surface area contributed by atoms with Gasteiger partial charge in [-0.15, -0.1) is 11.3 Å². The molecule has 8 heteroatoms. The van der Waals surface area contributed by atoms with Gasteiger partial charge in [0.25, 0.3) is 0 Å². The predicted molar refractivity (Wildman–Crippen MR) is 77.2 cm³/mol. The second-order valence-corrected chi connectivity index (χ2v) is 7.35. The van der Waals surface area contributed by atoms with Gasteiger partial charge in [-0.2, -0.15) is 5.26 Å². The fourth-order valence-corrected chi connectivity index (χ4v) is 3.79. The first-order valence-electron chi connectivity index (χ1n) is 5.62. The number of nitrogens with one attached hydrogen (secondary N) is 1. The van der Waals surface area contributed by atoms with Gasteiger partial charge < -0.3 is 0 Å². The van der Waals surface area contributed by atoms with E-state index < -0.39 is 10.0 Å². The Hall–Kier alpha value is -1.46. The first-order valence-corrected chi connectivity index (χ1v) is 8.29. The van der Waals surface area contributed by atoms with Crippen LogP contribution in [0, 0.1) is 11.3 Å². The lowest BCUT2D eigenvalue weighted by Gasteiger charge is -2.06. The normalized spacial score (nSPS) is 11.2. The Morgan fingerprint density at radius 3 is 2.85 bits per heavy atom. The van der Waals surface area contributed by atoms with Crippen molar-refractivity contribution in [2.45, 2.75) is 11.3 Å². The second-order valence-electron chi connectivity index (χ2n) is 3.82. The second kappa shape index (κ2) is 6.33. The Balaban J connectivity index is 2.06. The van der Waals surface area contributed by atoms with Gasteiger partial charge in [-0.25, -0.2) is 18.1 Å². The molecule has 0 bridgehead atoms. The van der Waals surface area contributed by atoms with Crippen molar-refractivity contribution in [2.24, 2.45) is 0 Å². The van der Waals surface area contributed by atoms with Crippen molar-refractivity contribution >= 4 is 33.0 Å². The van der Waals surface area contributed by atoms with E-state index in [1.54, 1.807) is 12.1 Å². The van der Waals surface area contributed by atoms with Crippen LogP contribution >= 0.6 is 22.9 Å². The van der Waals surface area contributed by atoms with Gasteiger partial charge in [-0.3, -0.25) is 0 Å². The summed E-state index contributed by atoms with van der Waals surface area (Å²) >= 11 is 7.21. The fourth-order valence-electron chi connectivity index (χ4n) is 1.56. The van der Waals surface area contributed by atoms with Crippen molar-refractivity contribution in [3.63, 3.8) is 0 Å². The van der Waals surface area contributed by atoms with Gasteiger partial charge in [0.2, 0.25) is 10.0 Å². The minimum absolute atomic E-state index is 0.105. The first kappa shape index (κ1) is 14.9. The molecule has 2 aromatic rings. The molecule has 0 radical (unpaired) electrons. The average Bonchev–Trinajstić information content (AvgIpc) is 2.84. The first-order chi connectivity index (χ1) is 9.53. The van der Waals surface area contributed by atoms with Crippen LogP contribution in [0.3, 0.4) is 0 Å². The minimum atomic E-state index is -3.73. The summed E-state index contributed by atoms with van der Waals surface area (Å²) in [5, 5.41) is 8.87. The Labute approximate surface area is 125 Å². The van der Waals surface area contributed by atoms with Gasteiger partial charge in [-0.1, -0.05) is 11.6 Å². The van der Waals surface area contributed by atoms with Crippen LogP contribution in [0.5, 0.6) is 0 Å². The molecule has 1 N–H and O–H groups in total. The SMILES string of the molecule is N#Cc1ncccc1S(=O)(=O)NCCc1ccc(Cl)s1. The fraction of sp³-hybridized carbons (Fsp3) is 0.167. The Morgan fingerprint density at radius 1 is 1.40 bits per heavy atom. The summed E-state index contributed by atoms with van der Waals surface area (Å²) < 4.78 is 27.3. The van der Waals surface area contributed by atoms with E-state index in [-0.39, 0.29) is 17.1 Å². The molecule has 0 saturated heterocycles. The Morgan fingerprint density at radius 2 is 2.20 bits per heavy atom. The predicted octanol–water partition coefficient (Wildman–Crippen LogP) is 2.19. The molecule has 0 saturated carbocycles. The summed E-state index contributed by atoms with van der Waals surface area (Å²) in [6.07, 6.45) is 1.92. The van der Waals surface area contributed by atoms with E-state index in [0.29, 0.717) is 10.8 Å². The zero-order chi connectivity index (χ0) is 14.6. The summed E-state index contributed by atoms with van der Waals surface area (Å²) in [7, 11) is -3.73. The van der Waals surface area contributed by atoms with E-state index in [4.69, 9.17) is 16.9 Å². The number of rotatable bonds is 5. The topological polar surface area (TPSA) is 82.8 Å². The number of sulfonamides is 1. The molecule has 5 nitrogen and oxygen atoms in total. The van der Waals surface area contributed by atoms with Crippen LogP contribution in [0.1, 0.15) is 10.6 Å². The number of hydrogen-bond donors (Lipinski definition) is 1. The lowest BCUT2D eigenvalue weighted by Crippen LogP contribution is -2.26. The zero-order valence-electron chi connectivity index (χ0n) is 10.2. The number of pyridine rings is 1. The molecule has 0 aliphatic rings. The van der Waals surface area contributed by atoms with Crippen LogP contribution in [0.25, 0.3) is 0 Å². The van der Waals surface area contributed by atoms with E-state index in [1.165, 1.54) is 29.7 Å². The lowest BCUT2D eigenvalue weighted by molar-refractivity contribution is 0.581. The third kappa shape index (κ3) is 3.55. The molecule has 0 aromatic carbocycles. The number of nitrogens with zero attached hydrogens (tertiary/aromatic N) is 2. The highest BCUT2D eigenvalue weighted by Crippen LogP contribution is 2.21.